The predicted octanol–water partition coefficient (Wildman–Crippen LogP) is 5.81. The van der Waals surface area contributed by atoms with Gasteiger partial charge in [-0.2, -0.15) is 0 Å². The van der Waals surface area contributed by atoms with Crippen molar-refractivity contribution in [2.24, 2.45) is 0 Å². The van der Waals surface area contributed by atoms with Crippen LogP contribution in [0.4, 0.5) is 11.4 Å². The van der Waals surface area contributed by atoms with E-state index >= 15 is 0 Å². The summed E-state index contributed by atoms with van der Waals surface area (Å²) in [4.78, 5) is 74.6. The van der Waals surface area contributed by atoms with Gasteiger partial charge in [0, 0.05) is 0 Å². The summed E-state index contributed by atoms with van der Waals surface area (Å²) in [5, 5.41) is 24.5. The van der Waals surface area contributed by atoms with Crippen molar-refractivity contribution in [2.75, 3.05) is 13.2 Å². The number of allylic oxidation sites excluding steroid dienone is 2. The highest BCUT2D eigenvalue weighted by Crippen LogP contribution is 2.39. The molecule has 14 nitrogen and oxygen atoms in total. The number of ether oxygens (including phenoxy) is 4. The molecule has 0 heterocycles. The Balaban J connectivity index is 2.37. The quantitative estimate of drug-likeness (QED) is 0.0582. The number of hydrogen-bond donors (Lipinski definition) is 0. The molecule has 3 aromatic rings. The van der Waals surface area contributed by atoms with E-state index in [1.807, 2.05) is 0 Å². The maximum absolute atomic E-state index is 13.2. The Morgan fingerprint density at radius 1 is 0.609 bits per heavy atom. The molecule has 0 aliphatic carbocycles. The molecule has 46 heavy (non-hydrogen) atoms. The summed E-state index contributed by atoms with van der Waals surface area (Å²) in [5.41, 5.74) is -4.16. The lowest BCUT2D eigenvalue weighted by Crippen LogP contribution is -2.16. The van der Waals surface area contributed by atoms with Crippen molar-refractivity contribution < 1.29 is 48.0 Å². The first-order valence-electron chi connectivity index (χ1n) is 13.7. The Labute approximate surface area is 262 Å². The number of esters is 4. The first-order chi connectivity index (χ1) is 21.9. The normalized spacial score (nSPS) is 11.7. The van der Waals surface area contributed by atoms with Crippen molar-refractivity contribution in [3.05, 3.63) is 127 Å². The molecular formula is C32H28N2O12. The fourth-order valence-electron chi connectivity index (χ4n) is 4.22. The van der Waals surface area contributed by atoms with E-state index in [0.29, 0.717) is 6.07 Å². The summed E-state index contributed by atoms with van der Waals surface area (Å²) < 4.78 is 21.0. The summed E-state index contributed by atoms with van der Waals surface area (Å²) in [6.07, 6.45) is 0. The van der Waals surface area contributed by atoms with Gasteiger partial charge >= 0.3 is 23.9 Å². The zero-order chi connectivity index (χ0) is 34.0. The molecule has 0 bridgehead atoms. The maximum atomic E-state index is 13.2. The Morgan fingerprint density at radius 2 is 0.957 bits per heavy atom. The fourth-order valence-corrected chi connectivity index (χ4v) is 4.22. The van der Waals surface area contributed by atoms with Gasteiger partial charge in [0.1, 0.15) is 22.7 Å². The van der Waals surface area contributed by atoms with E-state index in [9.17, 15) is 39.4 Å². The average molecular weight is 633 g/mol. The van der Waals surface area contributed by atoms with Crippen molar-refractivity contribution in [1.29, 1.82) is 0 Å². The molecular weight excluding hydrogens is 604 g/mol. The van der Waals surface area contributed by atoms with Gasteiger partial charge in [0.2, 0.25) is 0 Å². The van der Waals surface area contributed by atoms with E-state index in [1.54, 1.807) is 36.4 Å². The Kier molecular flexibility index (Phi) is 11.6. The Morgan fingerprint density at radius 3 is 1.26 bits per heavy atom. The lowest BCUT2D eigenvalue weighted by atomic mass is 9.94. The van der Waals surface area contributed by atoms with Crippen molar-refractivity contribution in [3.63, 3.8) is 0 Å². The first-order valence-corrected chi connectivity index (χ1v) is 13.7. The van der Waals surface area contributed by atoms with E-state index in [0.717, 1.165) is 6.07 Å². The number of nitro groups is 2. The second-order valence-corrected chi connectivity index (χ2v) is 9.22. The number of nitro benzene ring substituents is 2. The fraction of sp³-hybridized carbons (Fsp3) is 0.188. The van der Waals surface area contributed by atoms with Gasteiger partial charge in [-0.15, -0.1) is 0 Å². The SMILES string of the molecule is CCOC(=O)/C(=C(/C)OC(=O)c1ccccc1)c1cc(/C(C(=O)OCC)=C(\C)OC(=O)c2ccccc2)c([N+](=O)[O-])cc1[N+](=O)[O-]. The van der Waals surface area contributed by atoms with Gasteiger partial charge < -0.3 is 18.9 Å². The van der Waals surface area contributed by atoms with Gasteiger partial charge in [-0.05, 0) is 58.0 Å². The van der Waals surface area contributed by atoms with Gasteiger partial charge in [0.05, 0.1) is 51.4 Å². The molecule has 0 saturated carbocycles. The highest BCUT2D eigenvalue weighted by atomic mass is 16.6. The van der Waals surface area contributed by atoms with Gasteiger partial charge in [-0.1, -0.05) is 36.4 Å². The smallest absolute Gasteiger partial charge is 0.343 e. The van der Waals surface area contributed by atoms with Crippen LogP contribution in [0.15, 0.2) is 84.3 Å². The second kappa shape index (κ2) is 15.5. The molecule has 0 unspecified atom stereocenters. The number of carbonyl (C=O) groups is 4. The van der Waals surface area contributed by atoms with Gasteiger partial charge in [-0.3, -0.25) is 20.2 Å². The molecule has 0 N–H and O–H groups in total. The molecule has 0 amide bonds. The minimum atomic E-state index is -1.17. The summed E-state index contributed by atoms with van der Waals surface area (Å²) in [5.74, 6) is -5.05. The third kappa shape index (κ3) is 8.05. The van der Waals surface area contributed by atoms with Crippen LogP contribution in [-0.4, -0.2) is 46.9 Å². The van der Waals surface area contributed by atoms with E-state index in [-0.39, 0.29) is 24.3 Å². The molecule has 238 valence electrons. The van der Waals surface area contributed by atoms with E-state index in [2.05, 4.69) is 0 Å². The standard InChI is InChI=1S/C32H28N2O12/c1-5-43-31(37)27(19(3)45-29(35)21-13-9-7-10-14-21)23-17-24(26(34(41)42)18-25(23)33(39)40)28(32(38)44-6-2)20(4)46-30(36)22-15-11-8-12-16-22/h7-18H,5-6H2,1-4H3/b27-19-,28-20-. The van der Waals surface area contributed by atoms with Crippen LogP contribution in [0, 0.1) is 20.2 Å². The van der Waals surface area contributed by atoms with Gasteiger partial charge in [0.25, 0.3) is 11.4 Å². The lowest BCUT2D eigenvalue weighted by molar-refractivity contribution is -0.394. The third-order valence-corrected chi connectivity index (χ3v) is 6.22. The number of nitrogens with zero attached hydrogens (tertiary/aromatic N) is 2. The number of benzene rings is 3. The minimum absolute atomic E-state index is 0.0901. The predicted molar refractivity (Wildman–Crippen MR) is 162 cm³/mol. The highest BCUT2D eigenvalue weighted by Gasteiger charge is 2.35. The molecule has 0 atom stereocenters. The molecule has 3 aromatic carbocycles. The number of hydrogen-bond acceptors (Lipinski definition) is 12. The van der Waals surface area contributed by atoms with Crippen molar-refractivity contribution in [1.82, 2.24) is 0 Å². The first kappa shape index (κ1) is 34.3. The van der Waals surface area contributed by atoms with Crippen LogP contribution in [0.3, 0.4) is 0 Å². The number of carbonyl (C=O) groups excluding carboxylic acids is 4. The van der Waals surface area contributed by atoms with E-state index in [4.69, 9.17) is 18.9 Å². The van der Waals surface area contributed by atoms with Crippen molar-refractivity contribution >= 4 is 46.4 Å². The Bertz CT molecular complexity index is 1620. The molecule has 0 aliphatic heterocycles. The molecule has 0 radical (unpaired) electrons. The van der Waals surface area contributed by atoms with Crippen molar-refractivity contribution in [3.8, 4) is 0 Å². The zero-order valence-electron chi connectivity index (χ0n) is 25.1. The van der Waals surface area contributed by atoms with Crippen LogP contribution < -0.4 is 0 Å². The lowest BCUT2D eigenvalue weighted by Gasteiger charge is -2.16. The van der Waals surface area contributed by atoms with Crippen LogP contribution in [0.5, 0.6) is 0 Å². The van der Waals surface area contributed by atoms with Crippen LogP contribution in [-0.2, 0) is 28.5 Å². The summed E-state index contributed by atoms with van der Waals surface area (Å²) in [6, 6.07) is 16.6. The van der Waals surface area contributed by atoms with Gasteiger partial charge in [-0.25, -0.2) is 19.2 Å². The molecule has 0 fully saturated rings. The molecule has 3 rings (SSSR count). The van der Waals surface area contributed by atoms with Crippen LogP contribution in [0.1, 0.15) is 59.5 Å². The molecule has 14 heteroatoms. The Hall–Kier alpha value is -6.18. The van der Waals surface area contributed by atoms with Gasteiger partial charge in [0.15, 0.2) is 0 Å². The minimum Gasteiger partial charge on any atom is -0.462 e. The van der Waals surface area contributed by atoms with Crippen LogP contribution in [0.25, 0.3) is 11.1 Å². The van der Waals surface area contributed by atoms with Crippen LogP contribution in [0.2, 0.25) is 0 Å². The maximum Gasteiger partial charge on any atom is 0.343 e. The highest BCUT2D eigenvalue weighted by molar-refractivity contribution is 6.21. The largest absolute Gasteiger partial charge is 0.462 e. The number of rotatable bonds is 12. The second-order valence-electron chi connectivity index (χ2n) is 9.22. The molecule has 0 saturated heterocycles. The molecule has 0 spiro atoms. The van der Waals surface area contributed by atoms with Crippen molar-refractivity contribution in [2.45, 2.75) is 27.7 Å². The average Bonchev–Trinajstić information content (AvgIpc) is 3.02. The van der Waals surface area contributed by atoms with E-state index in [1.165, 1.54) is 52.0 Å². The monoisotopic (exact) mass is 632 g/mol. The van der Waals surface area contributed by atoms with E-state index < -0.39 is 78.9 Å². The van der Waals surface area contributed by atoms with Crippen LogP contribution >= 0.6 is 0 Å². The summed E-state index contributed by atoms with van der Waals surface area (Å²) in [7, 11) is 0. The third-order valence-electron chi connectivity index (χ3n) is 6.22. The summed E-state index contributed by atoms with van der Waals surface area (Å²) in [6.45, 7) is 4.88. The zero-order valence-corrected chi connectivity index (χ0v) is 25.1. The topological polar surface area (TPSA) is 191 Å². The summed E-state index contributed by atoms with van der Waals surface area (Å²) >= 11 is 0. The molecule has 0 aromatic heterocycles. The molecule has 0 aliphatic rings.